The molecular weight excluding hydrogens is 347 g/mol. The van der Waals surface area contributed by atoms with Crippen molar-refractivity contribution in [3.05, 3.63) is 33.8 Å². The number of alkyl halides is 3. The highest BCUT2D eigenvalue weighted by Gasteiger charge is 2.33. The second-order valence-electron chi connectivity index (χ2n) is 4.88. The summed E-state index contributed by atoms with van der Waals surface area (Å²) in [5, 5.41) is 3.30. The third-order valence-electron chi connectivity index (χ3n) is 3.18. The Kier molecular flexibility index (Phi) is 7.70. The molecule has 1 unspecified atom stereocenters. The van der Waals surface area contributed by atoms with E-state index in [4.69, 9.17) is 4.74 Å². The van der Waals surface area contributed by atoms with E-state index >= 15 is 0 Å². The van der Waals surface area contributed by atoms with Gasteiger partial charge < -0.3 is 10.1 Å². The molecule has 0 fully saturated rings. The molecule has 1 rings (SSSR count). The molecule has 6 heteroatoms. The maximum absolute atomic E-state index is 13.0. The van der Waals surface area contributed by atoms with E-state index < -0.39 is 11.7 Å². The normalized spacial score (nSPS) is 13.4. The van der Waals surface area contributed by atoms with Gasteiger partial charge in [0.25, 0.3) is 0 Å². The molecule has 0 saturated heterocycles. The van der Waals surface area contributed by atoms with Gasteiger partial charge in [-0.1, -0.05) is 28.9 Å². The van der Waals surface area contributed by atoms with Gasteiger partial charge in [0.2, 0.25) is 0 Å². The lowest BCUT2D eigenvalue weighted by molar-refractivity contribution is -0.138. The van der Waals surface area contributed by atoms with E-state index in [1.165, 1.54) is 12.1 Å². The molecule has 1 N–H and O–H groups in total. The molecule has 0 heterocycles. The number of methoxy groups -OCH3 is 1. The summed E-state index contributed by atoms with van der Waals surface area (Å²) < 4.78 is 44.0. The first kappa shape index (κ1) is 18.5. The highest BCUT2D eigenvalue weighted by molar-refractivity contribution is 9.10. The maximum atomic E-state index is 13.0. The lowest BCUT2D eigenvalue weighted by atomic mass is 9.99. The maximum Gasteiger partial charge on any atom is 0.417 e. The van der Waals surface area contributed by atoms with Crippen molar-refractivity contribution in [2.75, 3.05) is 20.3 Å². The fourth-order valence-corrected chi connectivity index (χ4v) is 2.59. The van der Waals surface area contributed by atoms with E-state index in [2.05, 4.69) is 21.2 Å². The molecule has 0 aliphatic carbocycles. The Morgan fingerprint density at radius 2 is 2.05 bits per heavy atom. The molecule has 2 nitrogen and oxygen atoms in total. The molecule has 120 valence electrons. The molecule has 0 aliphatic rings. The van der Waals surface area contributed by atoms with Gasteiger partial charge in [-0.05, 0) is 43.5 Å². The highest BCUT2D eigenvalue weighted by atomic mass is 79.9. The van der Waals surface area contributed by atoms with Crippen molar-refractivity contribution in [3.8, 4) is 0 Å². The fraction of sp³-hybridized carbons (Fsp3) is 0.600. The summed E-state index contributed by atoms with van der Waals surface area (Å²) in [5.74, 6) is 0. The Morgan fingerprint density at radius 1 is 1.33 bits per heavy atom. The highest BCUT2D eigenvalue weighted by Crippen LogP contribution is 2.36. The van der Waals surface area contributed by atoms with E-state index in [0.717, 1.165) is 25.8 Å². The summed E-state index contributed by atoms with van der Waals surface area (Å²) in [6.07, 6.45) is -1.87. The number of hydrogen-bond donors (Lipinski definition) is 1. The monoisotopic (exact) mass is 367 g/mol. The summed E-state index contributed by atoms with van der Waals surface area (Å²) in [4.78, 5) is 0. The smallest absolute Gasteiger partial charge is 0.385 e. The summed E-state index contributed by atoms with van der Waals surface area (Å²) in [6.45, 7) is 3.41. The van der Waals surface area contributed by atoms with Crippen LogP contribution in [-0.4, -0.2) is 20.3 Å². The fourth-order valence-electron chi connectivity index (χ4n) is 2.11. The number of hydrogen-bond acceptors (Lipinski definition) is 2. The number of ether oxygens (including phenoxy) is 1. The molecule has 0 saturated carbocycles. The van der Waals surface area contributed by atoms with Gasteiger partial charge in [-0.15, -0.1) is 0 Å². The first-order valence-corrected chi connectivity index (χ1v) is 7.78. The molecule has 21 heavy (non-hydrogen) atoms. The van der Waals surface area contributed by atoms with Crippen molar-refractivity contribution >= 4 is 15.9 Å². The number of nitrogens with one attached hydrogen (secondary N) is 1. The van der Waals surface area contributed by atoms with Gasteiger partial charge >= 0.3 is 6.18 Å². The molecule has 0 spiro atoms. The van der Waals surface area contributed by atoms with Gasteiger partial charge in [0.05, 0.1) is 5.56 Å². The summed E-state index contributed by atoms with van der Waals surface area (Å²) in [5.41, 5.74) is 0.0325. The van der Waals surface area contributed by atoms with Gasteiger partial charge in [0.1, 0.15) is 0 Å². The predicted molar refractivity (Wildman–Crippen MR) is 81.3 cm³/mol. The van der Waals surface area contributed by atoms with Crippen LogP contribution in [0.15, 0.2) is 22.7 Å². The Labute approximate surface area is 132 Å². The second-order valence-corrected chi connectivity index (χ2v) is 5.73. The standard InChI is InChI=1S/C15H21BrF3NO/c1-3-8-20-14(5-4-9-21-2)11-6-7-13(16)12(10-11)15(17,18)19/h6-7,10,14,20H,3-5,8-9H2,1-2H3. The Hall–Kier alpha value is -0.590. The van der Waals surface area contributed by atoms with E-state index in [1.807, 2.05) is 6.92 Å². The van der Waals surface area contributed by atoms with Crippen LogP contribution in [-0.2, 0) is 10.9 Å². The Bertz CT molecular complexity index is 437. The van der Waals surface area contributed by atoms with Gasteiger partial charge in [-0.3, -0.25) is 0 Å². The van der Waals surface area contributed by atoms with Crippen LogP contribution in [0.5, 0.6) is 0 Å². The quantitative estimate of drug-likeness (QED) is 0.657. The number of benzene rings is 1. The first-order chi connectivity index (χ1) is 9.90. The molecule has 1 atom stereocenters. The minimum Gasteiger partial charge on any atom is -0.385 e. The van der Waals surface area contributed by atoms with Crippen molar-refractivity contribution in [1.29, 1.82) is 0 Å². The third-order valence-corrected chi connectivity index (χ3v) is 3.87. The molecule has 0 radical (unpaired) electrons. The second kappa shape index (κ2) is 8.76. The van der Waals surface area contributed by atoms with Crippen LogP contribution < -0.4 is 5.32 Å². The van der Waals surface area contributed by atoms with Crippen molar-refractivity contribution in [2.24, 2.45) is 0 Å². The number of halogens is 4. The van der Waals surface area contributed by atoms with Crippen molar-refractivity contribution in [1.82, 2.24) is 5.32 Å². The SMILES string of the molecule is CCCNC(CCCOC)c1ccc(Br)c(C(F)(F)F)c1. The van der Waals surface area contributed by atoms with Crippen molar-refractivity contribution in [2.45, 2.75) is 38.4 Å². The average Bonchev–Trinajstić information content (AvgIpc) is 2.42. The minimum absolute atomic E-state index is 0.0740. The minimum atomic E-state index is -4.35. The van der Waals surface area contributed by atoms with Crippen LogP contribution in [0.1, 0.15) is 43.4 Å². The van der Waals surface area contributed by atoms with Gasteiger partial charge in [-0.25, -0.2) is 0 Å². The first-order valence-electron chi connectivity index (χ1n) is 6.99. The number of rotatable bonds is 8. The topological polar surface area (TPSA) is 21.3 Å². The van der Waals surface area contributed by atoms with E-state index in [0.29, 0.717) is 12.2 Å². The van der Waals surface area contributed by atoms with Gasteiger partial charge in [0, 0.05) is 24.2 Å². The molecule has 1 aromatic carbocycles. The zero-order valence-electron chi connectivity index (χ0n) is 12.3. The van der Waals surface area contributed by atoms with Crippen LogP contribution in [0.3, 0.4) is 0 Å². The van der Waals surface area contributed by atoms with E-state index in [9.17, 15) is 13.2 Å². The lowest BCUT2D eigenvalue weighted by Crippen LogP contribution is -2.23. The predicted octanol–water partition coefficient (Wildman–Crippen LogP) is 4.94. The lowest BCUT2D eigenvalue weighted by Gasteiger charge is -2.21. The van der Waals surface area contributed by atoms with Gasteiger partial charge in [-0.2, -0.15) is 13.2 Å². The van der Waals surface area contributed by atoms with E-state index in [-0.39, 0.29) is 10.5 Å². The zero-order valence-corrected chi connectivity index (χ0v) is 13.9. The van der Waals surface area contributed by atoms with Crippen LogP contribution >= 0.6 is 15.9 Å². The molecule has 0 bridgehead atoms. The molecule has 0 aliphatic heterocycles. The van der Waals surface area contributed by atoms with Crippen LogP contribution in [0.2, 0.25) is 0 Å². The van der Waals surface area contributed by atoms with Crippen molar-refractivity contribution < 1.29 is 17.9 Å². The van der Waals surface area contributed by atoms with Crippen LogP contribution in [0, 0.1) is 0 Å². The summed E-state index contributed by atoms with van der Waals surface area (Å²) in [6, 6.07) is 4.34. The molecule has 0 aromatic heterocycles. The van der Waals surface area contributed by atoms with Crippen LogP contribution in [0.4, 0.5) is 13.2 Å². The average molecular weight is 368 g/mol. The molecule has 1 aromatic rings. The Balaban J connectivity index is 2.95. The molecule has 0 amide bonds. The Morgan fingerprint density at radius 3 is 2.62 bits per heavy atom. The summed E-state index contributed by atoms with van der Waals surface area (Å²) >= 11 is 2.97. The van der Waals surface area contributed by atoms with Crippen LogP contribution in [0.25, 0.3) is 0 Å². The largest absolute Gasteiger partial charge is 0.417 e. The van der Waals surface area contributed by atoms with Crippen molar-refractivity contribution in [3.63, 3.8) is 0 Å². The summed E-state index contributed by atoms with van der Waals surface area (Å²) in [7, 11) is 1.62. The van der Waals surface area contributed by atoms with E-state index in [1.54, 1.807) is 13.2 Å². The zero-order chi connectivity index (χ0) is 15.9. The van der Waals surface area contributed by atoms with Gasteiger partial charge in [0.15, 0.2) is 0 Å². The molecular formula is C15H21BrF3NO. The third kappa shape index (κ3) is 5.96.